The molecule has 0 aliphatic rings. The summed E-state index contributed by atoms with van der Waals surface area (Å²) in [6, 6.07) is 4.88. The molecule has 3 N–H and O–H groups in total. The number of carbonyl (C=O) groups is 2. The summed E-state index contributed by atoms with van der Waals surface area (Å²) in [6.45, 7) is 5.92. The van der Waals surface area contributed by atoms with Crippen LogP contribution in [0.25, 0.3) is 0 Å². The minimum Gasteiger partial charge on any atom is -0.495 e. The second kappa shape index (κ2) is 7.14. The Hall–Kier alpha value is -2.54. The minimum atomic E-state index is -1.26. The lowest BCUT2D eigenvalue weighted by atomic mass is 9.92. The number of aromatic amines is 1. The number of aliphatic carboxylic acids is 1. The molecule has 0 aliphatic carbocycles. The number of benzene rings is 1. The first-order valence-corrected chi connectivity index (χ1v) is 7.94. The Morgan fingerprint density at radius 3 is 2.48 bits per heavy atom. The summed E-state index contributed by atoms with van der Waals surface area (Å²) in [6.07, 6.45) is 0. The molecule has 7 nitrogen and oxygen atoms in total. The molecule has 134 valence electrons. The summed E-state index contributed by atoms with van der Waals surface area (Å²) in [5.74, 6) is -1.38. The van der Waals surface area contributed by atoms with E-state index in [0.717, 1.165) is 5.69 Å². The van der Waals surface area contributed by atoms with Crippen LogP contribution in [0.5, 0.6) is 5.75 Å². The normalized spacial score (nSPS) is 12.5. The Morgan fingerprint density at radius 2 is 2.00 bits per heavy atom. The molecule has 0 spiro atoms. The van der Waals surface area contributed by atoms with E-state index in [1.165, 1.54) is 19.2 Å². The van der Waals surface area contributed by atoms with Gasteiger partial charge in [0.2, 0.25) is 0 Å². The lowest BCUT2D eigenvalue weighted by Crippen LogP contribution is -2.34. The molecular formula is C17H20ClN3O4. The summed E-state index contributed by atoms with van der Waals surface area (Å²) in [5.41, 5.74) is 1.02. The van der Waals surface area contributed by atoms with E-state index in [0.29, 0.717) is 11.3 Å². The van der Waals surface area contributed by atoms with Gasteiger partial charge in [0, 0.05) is 11.1 Å². The van der Waals surface area contributed by atoms with Crippen molar-refractivity contribution in [1.29, 1.82) is 0 Å². The van der Waals surface area contributed by atoms with Crippen LogP contribution >= 0.6 is 11.6 Å². The molecule has 1 aromatic carbocycles. The predicted molar refractivity (Wildman–Crippen MR) is 93.1 cm³/mol. The number of halogens is 1. The van der Waals surface area contributed by atoms with Crippen LogP contribution in [-0.4, -0.2) is 34.3 Å². The zero-order chi connectivity index (χ0) is 18.8. The highest BCUT2D eigenvalue weighted by molar-refractivity contribution is 6.32. The quantitative estimate of drug-likeness (QED) is 0.755. The average molecular weight is 366 g/mol. The first-order chi connectivity index (χ1) is 11.6. The largest absolute Gasteiger partial charge is 0.495 e. The molecule has 0 aliphatic heterocycles. The molecule has 1 unspecified atom stereocenters. The number of carboxylic acid groups (broad SMARTS) is 1. The number of aromatic nitrogens is 2. The fourth-order valence-electron chi connectivity index (χ4n) is 2.18. The predicted octanol–water partition coefficient (Wildman–Crippen LogP) is 2.92. The maximum Gasteiger partial charge on any atom is 0.330 e. The summed E-state index contributed by atoms with van der Waals surface area (Å²) < 4.78 is 5.04. The van der Waals surface area contributed by atoms with E-state index in [2.05, 4.69) is 15.5 Å². The third-order valence-electron chi connectivity index (χ3n) is 3.65. The van der Waals surface area contributed by atoms with Gasteiger partial charge in [0.15, 0.2) is 6.04 Å². The standard InChI is InChI=1S/C17H20ClN3O4/c1-17(2,3)13-8-11(20-21-13)15(22)19-14(16(23)24)9-5-6-12(25-4)10(18)7-9/h5-8,14H,1-4H3,(H,19,22)(H,20,21)(H,23,24). The number of nitrogens with zero attached hydrogens (tertiary/aromatic N) is 1. The molecule has 2 aromatic rings. The van der Waals surface area contributed by atoms with Gasteiger partial charge < -0.3 is 15.2 Å². The number of carbonyl (C=O) groups excluding carboxylic acids is 1. The zero-order valence-corrected chi connectivity index (χ0v) is 15.1. The molecule has 1 heterocycles. The summed E-state index contributed by atoms with van der Waals surface area (Å²) in [4.78, 5) is 23.9. The molecular weight excluding hydrogens is 346 g/mol. The van der Waals surface area contributed by atoms with Gasteiger partial charge in [-0.2, -0.15) is 5.10 Å². The molecule has 2 rings (SSSR count). The van der Waals surface area contributed by atoms with E-state index in [1.807, 2.05) is 20.8 Å². The van der Waals surface area contributed by atoms with Crippen molar-refractivity contribution < 1.29 is 19.4 Å². The van der Waals surface area contributed by atoms with Gasteiger partial charge in [0.1, 0.15) is 11.4 Å². The van der Waals surface area contributed by atoms with Crippen molar-refractivity contribution in [1.82, 2.24) is 15.5 Å². The third-order valence-corrected chi connectivity index (χ3v) is 3.95. The van der Waals surface area contributed by atoms with E-state index < -0.39 is 17.9 Å². The number of ether oxygens (including phenoxy) is 1. The van der Waals surface area contributed by atoms with Crippen LogP contribution in [0.2, 0.25) is 5.02 Å². The summed E-state index contributed by atoms with van der Waals surface area (Å²) in [7, 11) is 1.46. The van der Waals surface area contributed by atoms with E-state index in [4.69, 9.17) is 16.3 Å². The van der Waals surface area contributed by atoms with Crippen LogP contribution in [-0.2, 0) is 10.2 Å². The van der Waals surface area contributed by atoms with Crippen molar-refractivity contribution in [3.8, 4) is 5.75 Å². The van der Waals surface area contributed by atoms with Gasteiger partial charge in [-0.05, 0) is 23.8 Å². The second-order valence-corrected chi connectivity index (χ2v) is 6.96. The molecule has 0 saturated carbocycles. The number of H-pyrrole nitrogens is 1. The molecule has 0 radical (unpaired) electrons. The van der Waals surface area contributed by atoms with Crippen LogP contribution in [0.3, 0.4) is 0 Å². The molecule has 0 bridgehead atoms. The van der Waals surface area contributed by atoms with Crippen LogP contribution in [0, 0.1) is 0 Å². The lowest BCUT2D eigenvalue weighted by molar-refractivity contribution is -0.139. The highest BCUT2D eigenvalue weighted by Crippen LogP contribution is 2.28. The number of hydrogen-bond donors (Lipinski definition) is 3. The van der Waals surface area contributed by atoms with Crippen molar-refractivity contribution in [3.05, 3.63) is 46.2 Å². The number of nitrogens with one attached hydrogen (secondary N) is 2. The van der Waals surface area contributed by atoms with E-state index in [1.54, 1.807) is 12.1 Å². The third kappa shape index (κ3) is 4.30. The highest BCUT2D eigenvalue weighted by atomic mass is 35.5. The monoisotopic (exact) mass is 365 g/mol. The SMILES string of the molecule is COc1ccc(C(NC(=O)c2cc(C(C)(C)C)[nH]n2)C(=O)O)cc1Cl. The number of hydrogen-bond acceptors (Lipinski definition) is 4. The molecule has 1 aromatic heterocycles. The first kappa shape index (κ1) is 18.8. The van der Waals surface area contributed by atoms with Crippen molar-refractivity contribution in [3.63, 3.8) is 0 Å². The van der Waals surface area contributed by atoms with E-state index in [9.17, 15) is 14.7 Å². The molecule has 1 atom stereocenters. The fourth-order valence-corrected chi connectivity index (χ4v) is 2.44. The zero-order valence-electron chi connectivity index (χ0n) is 14.4. The summed E-state index contributed by atoms with van der Waals surface area (Å²) in [5, 5.41) is 18.9. The van der Waals surface area contributed by atoms with Crippen LogP contribution in [0.4, 0.5) is 0 Å². The maximum atomic E-state index is 12.4. The van der Waals surface area contributed by atoms with Crippen LogP contribution < -0.4 is 10.1 Å². The number of amides is 1. The number of rotatable bonds is 5. The Kier molecular flexibility index (Phi) is 5.37. The van der Waals surface area contributed by atoms with Gasteiger partial charge in [-0.3, -0.25) is 9.89 Å². The number of methoxy groups -OCH3 is 1. The fraction of sp³-hybridized carbons (Fsp3) is 0.353. The molecule has 0 saturated heterocycles. The van der Waals surface area contributed by atoms with E-state index >= 15 is 0 Å². The highest BCUT2D eigenvalue weighted by Gasteiger charge is 2.26. The molecule has 0 fully saturated rings. The van der Waals surface area contributed by atoms with Crippen molar-refractivity contribution in [2.75, 3.05) is 7.11 Å². The first-order valence-electron chi connectivity index (χ1n) is 7.56. The minimum absolute atomic E-state index is 0.121. The topological polar surface area (TPSA) is 104 Å². The molecule has 1 amide bonds. The smallest absolute Gasteiger partial charge is 0.330 e. The van der Waals surface area contributed by atoms with Crippen molar-refractivity contribution in [2.24, 2.45) is 0 Å². The average Bonchev–Trinajstić information content (AvgIpc) is 3.02. The van der Waals surface area contributed by atoms with Gasteiger partial charge in [0.05, 0.1) is 12.1 Å². The Labute approximate surface area is 150 Å². The summed E-state index contributed by atoms with van der Waals surface area (Å²) >= 11 is 6.04. The number of carboxylic acids is 1. The Morgan fingerprint density at radius 1 is 1.32 bits per heavy atom. The van der Waals surface area contributed by atoms with Gasteiger partial charge in [-0.25, -0.2) is 4.79 Å². The Bertz CT molecular complexity index is 795. The van der Waals surface area contributed by atoms with E-state index in [-0.39, 0.29) is 16.1 Å². The molecule has 8 heteroatoms. The van der Waals surface area contributed by atoms with Gasteiger partial charge in [0.25, 0.3) is 5.91 Å². The van der Waals surface area contributed by atoms with Crippen LogP contribution in [0.15, 0.2) is 24.3 Å². The second-order valence-electron chi connectivity index (χ2n) is 6.56. The van der Waals surface area contributed by atoms with Gasteiger partial charge >= 0.3 is 5.97 Å². The van der Waals surface area contributed by atoms with Crippen molar-refractivity contribution in [2.45, 2.75) is 32.2 Å². The molecule has 25 heavy (non-hydrogen) atoms. The van der Waals surface area contributed by atoms with Gasteiger partial charge in [-0.1, -0.05) is 38.4 Å². The van der Waals surface area contributed by atoms with Crippen LogP contribution in [0.1, 0.15) is 48.6 Å². The van der Waals surface area contributed by atoms with Gasteiger partial charge in [-0.15, -0.1) is 0 Å². The lowest BCUT2D eigenvalue weighted by Gasteiger charge is -2.16. The maximum absolute atomic E-state index is 12.4. The Balaban J connectivity index is 2.24. The van der Waals surface area contributed by atoms with Crippen molar-refractivity contribution >= 4 is 23.5 Å².